The van der Waals surface area contributed by atoms with Crippen LogP contribution in [0.5, 0.6) is 0 Å². The second kappa shape index (κ2) is 4.41. The van der Waals surface area contributed by atoms with Crippen LogP contribution in [0.3, 0.4) is 0 Å². The van der Waals surface area contributed by atoms with Gasteiger partial charge in [-0.2, -0.15) is 18.4 Å². The lowest BCUT2D eigenvalue weighted by Crippen LogP contribution is -2.07. The molecule has 2 nitrogen and oxygen atoms in total. The van der Waals surface area contributed by atoms with Gasteiger partial charge in [-0.1, -0.05) is 11.6 Å². The second-order valence-corrected chi connectivity index (χ2v) is 3.11. The summed E-state index contributed by atoms with van der Waals surface area (Å²) in [6, 6.07) is 4.66. The number of hydrogen-bond acceptors (Lipinski definition) is 2. The standard InChI is InChI=1S/C9H6ClF3N2/c10-7-2-1-6(9(11,12)13)5-8(7)15-4-3-14/h1-2,5,15H,4H2. The van der Waals surface area contributed by atoms with Crippen LogP contribution in [-0.2, 0) is 6.18 Å². The molecule has 0 bridgehead atoms. The third-order valence-electron chi connectivity index (χ3n) is 1.65. The summed E-state index contributed by atoms with van der Waals surface area (Å²) in [5.41, 5.74) is -0.694. The normalized spacial score (nSPS) is 10.9. The van der Waals surface area contributed by atoms with Crippen molar-refractivity contribution in [1.82, 2.24) is 0 Å². The van der Waals surface area contributed by atoms with E-state index >= 15 is 0 Å². The Morgan fingerprint density at radius 3 is 2.60 bits per heavy atom. The van der Waals surface area contributed by atoms with Gasteiger partial charge in [0.25, 0.3) is 0 Å². The summed E-state index contributed by atoms with van der Waals surface area (Å²) >= 11 is 5.64. The molecular weight excluding hydrogens is 229 g/mol. The topological polar surface area (TPSA) is 35.8 Å². The lowest BCUT2D eigenvalue weighted by atomic mass is 10.2. The third kappa shape index (κ3) is 3.03. The van der Waals surface area contributed by atoms with Gasteiger partial charge in [0.05, 0.1) is 22.3 Å². The van der Waals surface area contributed by atoms with Gasteiger partial charge < -0.3 is 5.32 Å². The van der Waals surface area contributed by atoms with E-state index in [1.165, 1.54) is 0 Å². The number of benzene rings is 1. The van der Waals surface area contributed by atoms with E-state index < -0.39 is 11.7 Å². The minimum atomic E-state index is -4.41. The SMILES string of the molecule is N#CCNc1cc(C(F)(F)F)ccc1Cl. The summed E-state index contributed by atoms with van der Waals surface area (Å²) in [4.78, 5) is 0. The van der Waals surface area contributed by atoms with Crippen molar-refractivity contribution >= 4 is 17.3 Å². The number of halogens is 4. The van der Waals surface area contributed by atoms with Crippen LogP contribution in [0.25, 0.3) is 0 Å². The molecule has 0 aliphatic heterocycles. The summed E-state index contributed by atoms with van der Waals surface area (Å²) in [6.07, 6.45) is -4.41. The number of rotatable bonds is 2. The van der Waals surface area contributed by atoms with Gasteiger partial charge in [0.15, 0.2) is 0 Å². The fourth-order valence-electron chi connectivity index (χ4n) is 0.972. The smallest absolute Gasteiger partial charge is 0.371 e. The maximum Gasteiger partial charge on any atom is 0.416 e. The number of hydrogen-bond donors (Lipinski definition) is 1. The van der Waals surface area contributed by atoms with Gasteiger partial charge in [0.2, 0.25) is 0 Å². The number of anilines is 1. The quantitative estimate of drug-likeness (QED) is 0.797. The molecule has 0 unspecified atom stereocenters. The Bertz CT molecular complexity index is 395. The highest BCUT2D eigenvalue weighted by Crippen LogP contribution is 2.33. The minimum absolute atomic E-state index is 0.0962. The maximum absolute atomic E-state index is 12.3. The first-order valence-corrected chi connectivity index (χ1v) is 4.30. The zero-order valence-corrected chi connectivity index (χ0v) is 8.15. The van der Waals surface area contributed by atoms with E-state index in [0.717, 1.165) is 18.2 Å². The summed E-state index contributed by atoms with van der Waals surface area (Å²) in [5, 5.41) is 10.9. The molecule has 0 spiro atoms. The molecule has 1 aromatic carbocycles. The second-order valence-electron chi connectivity index (χ2n) is 2.70. The van der Waals surface area contributed by atoms with Gasteiger partial charge in [-0.25, -0.2) is 0 Å². The Hall–Kier alpha value is -1.41. The van der Waals surface area contributed by atoms with Crippen molar-refractivity contribution in [3.05, 3.63) is 28.8 Å². The molecule has 0 saturated heterocycles. The number of nitrogens with one attached hydrogen (secondary N) is 1. The lowest BCUT2D eigenvalue weighted by Gasteiger charge is -2.10. The summed E-state index contributed by atoms with van der Waals surface area (Å²) in [5.74, 6) is 0. The number of alkyl halides is 3. The van der Waals surface area contributed by atoms with Crippen molar-refractivity contribution in [2.75, 3.05) is 11.9 Å². The largest absolute Gasteiger partial charge is 0.416 e. The molecule has 0 amide bonds. The average Bonchev–Trinajstić information content (AvgIpc) is 2.15. The van der Waals surface area contributed by atoms with Crippen molar-refractivity contribution in [2.24, 2.45) is 0 Å². The van der Waals surface area contributed by atoms with Crippen LogP contribution in [0.2, 0.25) is 5.02 Å². The molecular formula is C9H6ClF3N2. The summed E-state index contributed by atoms with van der Waals surface area (Å²) < 4.78 is 36.9. The van der Waals surface area contributed by atoms with Crippen molar-refractivity contribution < 1.29 is 13.2 Å². The van der Waals surface area contributed by atoms with Crippen molar-refractivity contribution in [1.29, 1.82) is 5.26 Å². The molecule has 1 rings (SSSR count). The molecule has 0 radical (unpaired) electrons. The van der Waals surface area contributed by atoms with Crippen LogP contribution < -0.4 is 5.32 Å². The Kier molecular flexibility index (Phi) is 3.43. The van der Waals surface area contributed by atoms with Crippen LogP contribution in [0.4, 0.5) is 18.9 Å². The fraction of sp³-hybridized carbons (Fsp3) is 0.222. The highest BCUT2D eigenvalue weighted by Gasteiger charge is 2.30. The zero-order chi connectivity index (χ0) is 11.5. The highest BCUT2D eigenvalue weighted by molar-refractivity contribution is 6.33. The first-order valence-electron chi connectivity index (χ1n) is 3.92. The van der Waals surface area contributed by atoms with Gasteiger partial charge in [0, 0.05) is 0 Å². The Balaban J connectivity index is 3.01. The molecule has 0 aliphatic rings. The molecule has 0 aliphatic carbocycles. The van der Waals surface area contributed by atoms with Gasteiger partial charge in [-0.3, -0.25) is 0 Å². The van der Waals surface area contributed by atoms with Crippen molar-refractivity contribution in [2.45, 2.75) is 6.18 Å². The van der Waals surface area contributed by atoms with Gasteiger partial charge in [-0.05, 0) is 18.2 Å². The molecule has 0 atom stereocenters. The zero-order valence-electron chi connectivity index (χ0n) is 7.40. The van der Waals surface area contributed by atoms with Crippen LogP contribution in [0.1, 0.15) is 5.56 Å². The predicted molar refractivity (Wildman–Crippen MR) is 50.6 cm³/mol. The van der Waals surface area contributed by atoms with Crippen LogP contribution in [0.15, 0.2) is 18.2 Å². The van der Waals surface area contributed by atoms with Crippen molar-refractivity contribution in [3.63, 3.8) is 0 Å². The molecule has 80 valence electrons. The molecule has 0 fully saturated rings. The average molecular weight is 235 g/mol. The van der Waals surface area contributed by atoms with E-state index in [9.17, 15) is 13.2 Å². The maximum atomic E-state index is 12.3. The molecule has 6 heteroatoms. The molecule has 0 heterocycles. The molecule has 1 aromatic rings. The van der Waals surface area contributed by atoms with Crippen LogP contribution in [0, 0.1) is 11.3 Å². The van der Waals surface area contributed by atoms with Gasteiger partial charge in [-0.15, -0.1) is 0 Å². The van der Waals surface area contributed by atoms with E-state index in [1.807, 2.05) is 0 Å². The summed E-state index contributed by atoms with van der Waals surface area (Å²) in [7, 11) is 0. The molecule has 0 saturated carbocycles. The first kappa shape index (κ1) is 11.7. The first-order chi connectivity index (χ1) is 6.95. The van der Waals surface area contributed by atoms with E-state index in [0.29, 0.717) is 0 Å². The van der Waals surface area contributed by atoms with E-state index in [1.54, 1.807) is 6.07 Å². The number of nitrogens with zero attached hydrogens (tertiary/aromatic N) is 1. The third-order valence-corrected chi connectivity index (χ3v) is 1.98. The van der Waals surface area contributed by atoms with Gasteiger partial charge in [0.1, 0.15) is 6.54 Å². The predicted octanol–water partition coefficient (Wildman–Crippen LogP) is 3.29. The van der Waals surface area contributed by atoms with Crippen molar-refractivity contribution in [3.8, 4) is 6.07 Å². The minimum Gasteiger partial charge on any atom is -0.371 e. The van der Waals surface area contributed by atoms with Crippen LogP contribution in [-0.4, -0.2) is 6.54 Å². The van der Waals surface area contributed by atoms with E-state index in [2.05, 4.69) is 5.32 Å². The molecule has 15 heavy (non-hydrogen) atoms. The Morgan fingerprint density at radius 2 is 2.07 bits per heavy atom. The van der Waals surface area contributed by atoms with E-state index in [-0.39, 0.29) is 17.3 Å². The lowest BCUT2D eigenvalue weighted by molar-refractivity contribution is -0.137. The molecule has 0 aromatic heterocycles. The summed E-state index contributed by atoms with van der Waals surface area (Å²) in [6.45, 7) is -0.0962. The highest BCUT2D eigenvalue weighted by atomic mass is 35.5. The Morgan fingerprint density at radius 1 is 1.40 bits per heavy atom. The van der Waals surface area contributed by atoms with Crippen LogP contribution >= 0.6 is 11.6 Å². The van der Waals surface area contributed by atoms with Gasteiger partial charge >= 0.3 is 6.18 Å². The Labute approximate surface area is 89.3 Å². The fourth-order valence-corrected chi connectivity index (χ4v) is 1.16. The number of nitriles is 1. The molecule has 1 N–H and O–H groups in total. The monoisotopic (exact) mass is 234 g/mol. The van der Waals surface area contributed by atoms with E-state index in [4.69, 9.17) is 16.9 Å².